The van der Waals surface area contributed by atoms with Crippen molar-refractivity contribution in [2.75, 3.05) is 0 Å². The third-order valence-electron chi connectivity index (χ3n) is 2.92. The molecule has 0 aliphatic heterocycles. The topological polar surface area (TPSA) is 62.7 Å². The van der Waals surface area contributed by atoms with Crippen LogP contribution in [0.2, 0.25) is 0 Å². The first-order valence-electron chi connectivity index (χ1n) is 5.87. The van der Waals surface area contributed by atoms with Gasteiger partial charge in [0.25, 0.3) is 0 Å². The average molecular weight is 275 g/mol. The molecule has 96 valence electrons. The van der Waals surface area contributed by atoms with Crippen LogP contribution >= 0.6 is 11.8 Å². The fraction of sp³-hybridized carbons (Fsp3) is 0.308. The van der Waals surface area contributed by atoms with Gasteiger partial charge in [0.05, 0.1) is 23.7 Å². The fourth-order valence-corrected chi connectivity index (χ4v) is 2.58. The highest BCUT2D eigenvalue weighted by Gasteiger charge is 2.43. The minimum absolute atomic E-state index is 0.0178. The molecule has 2 unspecified atom stereocenters. The summed E-state index contributed by atoms with van der Waals surface area (Å²) in [4.78, 5) is 5.09. The van der Waals surface area contributed by atoms with Gasteiger partial charge in [-0.25, -0.2) is 4.39 Å². The van der Waals surface area contributed by atoms with E-state index in [-0.39, 0.29) is 17.7 Å². The van der Waals surface area contributed by atoms with Gasteiger partial charge < -0.3 is 4.52 Å². The molecule has 2 aromatic rings. The molecule has 1 saturated carbocycles. The highest BCUT2D eigenvalue weighted by atomic mass is 32.2. The molecule has 0 radical (unpaired) electrons. The maximum absolute atomic E-state index is 13.0. The minimum atomic E-state index is -0.256. The van der Waals surface area contributed by atoms with Gasteiger partial charge in [-0.15, -0.1) is 11.8 Å². The van der Waals surface area contributed by atoms with Gasteiger partial charge >= 0.3 is 0 Å². The molecule has 1 aliphatic rings. The van der Waals surface area contributed by atoms with E-state index in [1.54, 1.807) is 6.07 Å². The van der Waals surface area contributed by atoms with Crippen LogP contribution < -0.4 is 0 Å². The van der Waals surface area contributed by atoms with Crippen molar-refractivity contribution in [3.05, 3.63) is 41.8 Å². The Hall–Kier alpha value is -1.87. The van der Waals surface area contributed by atoms with Gasteiger partial charge in [0.15, 0.2) is 5.82 Å². The van der Waals surface area contributed by atoms with E-state index in [1.165, 1.54) is 23.9 Å². The Morgan fingerprint density at radius 2 is 2.42 bits per heavy atom. The number of hydrogen-bond donors (Lipinski definition) is 0. The number of halogens is 1. The lowest BCUT2D eigenvalue weighted by Gasteiger charge is -1.97. The first-order valence-corrected chi connectivity index (χ1v) is 6.85. The molecular formula is C13H10FN3OS. The maximum Gasteiger partial charge on any atom is 0.231 e. The number of thioether (sulfide) groups is 1. The fourth-order valence-electron chi connectivity index (χ4n) is 1.79. The summed E-state index contributed by atoms with van der Waals surface area (Å²) in [5.41, 5.74) is 0. The van der Waals surface area contributed by atoms with Crippen molar-refractivity contribution in [2.24, 2.45) is 5.92 Å². The van der Waals surface area contributed by atoms with Crippen LogP contribution in [-0.2, 0) is 5.75 Å². The van der Waals surface area contributed by atoms with Crippen LogP contribution in [0, 0.1) is 23.1 Å². The Kier molecular flexibility index (Phi) is 3.22. The summed E-state index contributed by atoms with van der Waals surface area (Å²) in [6.45, 7) is 0. The molecule has 2 atom stereocenters. The summed E-state index contributed by atoms with van der Waals surface area (Å²) >= 11 is 1.45. The van der Waals surface area contributed by atoms with E-state index in [1.807, 2.05) is 6.07 Å². The van der Waals surface area contributed by atoms with Crippen LogP contribution in [0.4, 0.5) is 4.39 Å². The molecule has 0 N–H and O–H groups in total. The minimum Gasteiger partial charge on any atom is -0.339 e. The largest absolute Gasteiger partial charge is 0.339 e. The molecule has 0 spiro atoms. The molecule has 1 aliphatic carbocycles. The standard InChI is InChI=1S/C13H10FN3OS/c14-9-2-1-3-10(5-9)19-7-12-16-13(18-17-12)11-4-8(11)6-15/h1-3,5,8,11H,4,7H2. The third-order valence-corrected chi connectivity index (χ3v) is 3.91. The summed E-state index contributed by atoms with van der Waals surface area (Å²) < 4.78 is 18.1. The third kappa shape index (κ3) is 2.76. The van der Waals surface area contributed by atoms with Crippen LogP contribution in [0.3, 0.4) is 0 Å². The Labute approximate surface area is 113 Å². The van der Waals surface area contributed by atoms with Gasteiger partial charge in [0.1, 0.15) is 5.82 Å². The molecule has 19 heavy (non-hydrogen) atoms. The Morgan fingerprint density at radius 3 is 3.16 bits per heavy atom. The Bertz CT molecular complexity index is 637. The number of benzene rings is 1. The van der Waals surface area contributed by atoms with Gasteiger partial charge in [0, 0.05) is 4.90 Å². The lowest BCUT2D eigenvalue weighted by molar-refractivity contribution is 0.373. The molecule has 3 rings (SSSR count). The van der Waals surface area contributed by atoms with Crippen molar-refractivity contribution in [3.63, 3.8) is 0 Å². The Balaban J connectivity index is 1.61. The van der Waals surface area contributed by atoms with Gasteiger partial charge in [0.2, 0.25) is 5.89 Å². The maximum atomic E-state index is 13.0. The zero-order valence-electron chi connectivity index (χ0n) is 9.91. The zero-order valence-corrected chi connectivity index (χ0v) is 10.7. The van der Waals surface area contributed by atoms with Crippen molar-refractivity contribution >= 4 is 11.8 Å². The normalized spacial score (nSPS) is 21.1. The molecule has 1 aromatic carbocycles. The second-order valence-electron chi connectivity index (χ2n) is 4.37. The summed E-state index contributed by atoms with van der Waals surface area (Å²) in [6, 6.07) is 8.57. The highest BCUT2D eigenvalue weighted by Crippen LogP contribution is 2.46. The number of rotatable bonds is 4. The SMILES string of the molecule is N#CC1CC1c1nc(CSc2cccc(F)c2)no1. The van der Waals surface area contributed by atoms with E-state index < -0.39 is 0 Å². The van der Waals surface area contributed by atoms with Crippen LogP contribution in [0.1, 0.15) is 24.1 Å². The molecule has 0 saturated heterocycles. The summed E-state index contributed by atoms with van der Waals surface area (Å²) in [5.74, 6) is 1.51. The molecule has 1 heterocycles. The van der Waals surface area contributed by atoms with Crippen LogP contribution in [0.25, 0.3) is 0 Å². The van der Waals surface area contributed by atoms with Crippen LogP contribution in [-0.4, -0.2) is 10.1 Å². The van der Waals surface area contributed by atoms with Gasteiger partial charge in [-0.2, -0.15) is 10.2 Å². The van der Waals surface area contributed by atoms with Crippen molar-refractivity contribution in [1.82, 2.24) is 10.1 Å². The van der Waals surface area contributed by atoms with Crippen molar-refractivity contribution in [2.45, 2.75) is 23.0 Å². The molecule has 1 fully saturated rings. The second kappa shape index (κ2) is 5.02. The summed E-state index contributed by atoms with van der Waals surface area (Å²) in [7, 11) is 0. The van der Waals surface area contributed by atoms with Crippen molar-refractivity contribution < 1.29 is 8.91 Å². The smallest absolute Gasteiger partial charge is 0.231 e. The number of nitriles is 1. The molecular weight excluding hydrogens is 265 g/mol. The van der Waals surface area contributed by atoms with Crippen molar-refractivity contribution in [1.29, 1.82) is 5.26 Å². The predicted octanol–water partition coefficient (Wildman–Crippen LogP) is 3.13. The molecule has 1 aromatic heterocycles. The first kappa shape index (κ1) is 12.2. The van der Waals surface area contributed by atoms with Gasteiger partial charge in [-0.05, 0) is 24.6 Å². The monoisotopic (exact) mass is 275 g/mol. The average Bonchev–Trinajstić information content (AvgIpc) is 3.06. The predicted molar refractivity (Wildman–Crippen MR) is 66.7 cm³/mol. The number of hydrogen-bond acceptors (Lipinski definition) is 5. The van der Waals surface area contributed by atoms with E-state index in [0.29, 0.717) is 17.5 Å². The summed E-state index contributed by atoms with van der Waals surface area (Å²) in [6.07, 6.45) is 0.801. The molecule has 0 amide bonds. The number of aromatic nitrogens is 2. The first-order chi connectivity index (χ1) is 9.26. The molecule has 4 nitrogen and oxygen atoms in total. The Morgan fingerprint density at radius 1 is 1.53 bits per heavy atom. The van der Waals surface area contributed by atoms with Gasteiger partial charge in [-0.3, -0.25) is 0 Å². The number of nitrogens with zero attached hydrogens (tertiary/aromatic N) is 3. The molecule has 6 heteroatoms. The van der Waals surface area contributed by atoms with E-state index in [4.69, 9.17) is 9.78 Å². The molecule has 0 bridgehead atoms. The lowest BCUT2D eigenvalue weighted by atomic mass is 10.3. The van der Waals surface area contributed by atoms with E-state index in [0.717, 1.165) is 11.3 Å². The zero-order chi connectivity index (χ0) is 13.2. The van der Waals surface area contributed by atoms with Gasteiger partial charge in [-0.1, -0.05) is 11.2 Å². The van der Waals surface area contributed by atoms with E-state index in [9.17, 15) is 4.39 Å². The lowest BCUT2D eigenvalue weighted by Crippen LogP contribution is -1.86. The highest BCUT2D eigenvalue weighted by molar-refractivity contribution is 7.98. The van der Waals surface area contributed by atoms with Crippen molar-refractivity contribution in [3.8, 4) is 6.07 Å². The summed E-state index contributed by atoms with van der Waals surface area (Å²) in [5, 5.41) is 12.6. The van der Waals surface area contributed by atoms with E-state index in [2.05, 4.69) is 16.2 Å². The quantitative estimate of drug-likeness (QED) is 0.802. The van der Waals surface area contributed by atoms with E-state index >= 15 is 0 Å². The van der Waals surface area contributed by atoms with Crippen LogP contribution in [0.5, 0.6) is 0 Å². The second-order valence-corrected chi connectivity index (χ2v) is 5.42. The van der Waals surface area contributed by atoms with Crippen LogP contribution in [0.15, 0.2) is 33.7 Å².